The molecule has 29 heavy (non-hydrogen) atoms. The van der Waals surface area contributed by atoms with E-state index in [4.69, 9.17) is 0 Å². The fourth-order valence-corrected chi connectivity index (χ4v) is 4.98. The van der Waals surface area contributed by atoms with Gasteiger partial charge in [-0.15, -0.1) is 0 Å². The molecule has 0 unspecified atom stereocenters. The molecule has 0 aliphatic rings. The van der Waals surface area contributed by atoms with Crippen molar-refractivity contribution in [1.29, 1.82) is 0 Å². The molecule has 0 bridgehead atoms. The number of benzene rings is 3. The molecule has 1 heterocycles. The minimum absolute atomic E-state index is 0.0201. The Hall–Kier alpha value is -3.18. The summed E-state index contributed by atoms with van der Waals surface area (Å²) in [6.07, 6.45) is 0. The van der Waals surface area contributed by atoms with Crippen LogP contribution in [0.15, 0.2) is 84.5 Å². The quantitative estimate of drug-likeness (QED) is 0.464. The molecule has 0 aliphatic carbocycles. The van der Waals surface area contributed by atoms with E-state index in [1.54, 1.807) is 28.8 Å². The van der Waals surface area contributed by atoms with Gasteiger partial charge in [0, 0.05) is 0 Å². The molecule has 0 aliphatic heterocycles. The third-order valence-corrected chi connectivity index (χ3v) is 6.58. The number of para-hydroxylation sites is 2. The Morgan fingerprint density at radius 2 is 1.55 bits per heavy atom. The second-order valence-electron chi connectivity index (χ2n) is 7.26. The van der Waals surface area contributed by atoms with Crippen molar-refractivity contribution in [2.24, 2.45) is 0 Å². The van der Waals surface area contributed by atoms with Gasteiger partial charge in [0.15, 0.2) is 0 Å². The van der Waals surface area contributed by atoms with Gasteiger partial charge >= 0.3 is 0 Å². The van der Waals surface area contributed by atoms with Crippen LogP contribution in [0, 0.1) is 13.8 Å². The third-order valence-electron chi connectivity index (χ3n) is 4.90. The summed E-state index contributed by atoms with van der Waals surface area (Å²) in [4.78, 5) is 4.54. The van der Waals surface area contributed by atoms with Crippen molar-refractivity contribution in [2.45, 2.75) is 25.5 Å². The summed E-state index contributed by atoms with van der Waals surface area (Å²) in [7, 11) is -3.87. The third kappa shape index (κ3) is 3.61. The van der Waals surface area contributed by atoms with E-state index in [1.807, 2.05) is 44.2 Å². The maximum atomic E-state index is 13.5. The lowest BCUT2D eigenvalue weighted by molar-refractivity contribution is 0.585. The Kier molecular flexibility index (Phi) is 4.84. The Bertz CT molecular complexity index is 1300. The zero-order valence-electron chi connectivity index (χ0n) is 16.5. The minimum Gasteiger partial charge on any atom is -0.310 e. The second-order valence-corrected chi connectivity index (χ2v) is 9.12. The number of aromatic nitrogens is 2. The molecule has 0 atom stereocenters. The van der Waals surface area contributed by atoms with Crippen LogP contribution >= 0.6 is 0 Å². The second kappa shape index (κ2) is 7.33. The predicted octanol–water partition coefficient (Wildman–Crippen LogP) is 5.15. The maximum absolute atomic E-state index is 13.5. The summed E-state index contributed by atoms with van der Waals surface area (Å²) in [5.74, 6) is 0. The molecule has 146 valence electrons. The molecular weight excluding hydrogens is 380 g/mol. The monoisotopic (exact) mass is 402 g/mol. The van der Waals surface area contributed by atoms with Crippen LogP contribution in [0.2, 0.25) is 0 Å². The van der Waals surface area contributed by atoms with Gasteiger partial charge in [0.2, 0.25) is 15.0 Å². The molecule has 4 rings (SSSR count). The van der Waals surface area contributed by atoms with Gasteiger partial charge in [-0.05, 0) is 37.1 Å². The number of nitrogens with zero attached hydrogens (tertiary/aromatic N) is 2. The summed E-state index contributed by atoms with van der Waals surface area (Å²) in [5.41, 5.74) is 5.32. The summed E-state index contributed by atoms with van der Waals surface area (Å²) in [6.45, 7) is 8.37. The van der Waals surface area contributed by atoms with E-state index in [9.17, 15) is 8.42 Å². The fourth-order valence-electron chi connectivity index (χ4n) is 3.64. The average molecular weight is 403 g/mol. The highest BCUT2D eigenvalue weighted by atomic mass is 32.2. The number of fused-ring (bicyclic) bond motifs is 1. The average Bonchev–Trinajstić information content (AvgIpc) is 3.06. The van der Waals surface area contributed by atoms with Gasteiger partial charge in [-0.1, -0.05) is 78.4 Å². The van der Waals surface area contributed by atoms with Crippen molar-refractivity contribution in [1.82, 2.24) is 9.55 Å². The minimum atomic E-state index is -3.87. The summed E-state index contributed by atoms with van der Waals surface area (Å²) in [5, 5.41) is 0.0201. The van der Waals surface area contributed by atoms with Gasteiger partial charge in [-0.2, -0.15) is 0 Å². The van der Waals surface area contributed by atoms with Crippen molar-refractivity contribution in [3.8, 4) is 0 Å². The first-order chi connectivity index (χ1) is 13.9. The molecule has 4 aromatic rings. The summed E-state index contributed by atoms with van der Waals surface area (Å²) < 4.78 is 28.7. The van der Waals surface area contributed by atoms with E-state index in [0.717, 1.165) is 22.2 Å². The van der Waals surface area contributed by atoms with E-state index in [0.29, 0.717) is 17.6 Å². The summed E-state index contributed by atoms with van der Waals surface area (Å²) in [6, 6.07) is 22.7. The molecule has 0 saturated carbocycles. The first-order valence-corrected chi connectivity index (χ1v) is 10.9. The number of hydrogen-bond acceptors (Lipinski definition) is 3. The SMILES string of the molecule is C=C(c1ccccc1)S(=O)(=O)c1nc2ccccc2n1Cc1cc(C)cc(C)c1. The van der Waals surface area contributed by atoms with E-state index in [1.165, 1.54) is 0 Å². The van der Waals surface area contributed by atoms with Crippen LogP contribution in [0.4, 0.5) is 0 Å². The van der Waals surface area contributed by atoms with Crippen LogP contribution in [0.1, 0.15) is 22.3 Å². The molecule has 0 spiro atoms. The number of imidazole rings is 1. The van der Waals surface area contributed by atoms with Crippen molar-refractivity contribution in [2.75, 3.05) is 0 Å². The highest BCUT2D eigenvalue weighted by Crippen LogP contribution is 2.29. The molecule has 0 radical (unpaired) electrons. The highest BCUT2D eigenvalue weighted by molar-refractivity contribution is 8.00. The topological polar surface area (TPSA) is 52.0 Å². The van der Waals surface area contributed by atoms with E-state index >= 15 is 0 Å². The molecule has 5 heteroatoms. The van der Waals surface area contributed by atoms with Crippen LogP contribution in [0.5, 0.6) is 0 Å². The van der Waals surface area contributed by atoms with Gasteiger partial charge in [0.05, 0.1) is 22.5 Å². The van der Waals surface area contributed by atoms with Gasteiger partial charge in [0.25, 0.3) is 0 Å². The van der Waals surface area contributed by atoms with E-state index in [2.05, 4.69) is 29.8 Å². The molecule has 0 N–H and O–H groups in total. The first kappa shape index (κ1) is 19.2. The Labute approximate surface area is 171 Å². The lowest BCUT2D eigenvalue weighted by Crippen LogP contribution is -2.13. The Balaban J connectivity index is 1.88. The smallest absolute Gasteiger partial charge is 0.240 e. The van der Waals surface area contributed by atoms with Crippen molar-refractivity contribution >= 4 is 25.8 Å². The normalized spacial score (nSPS) is 11.7. The molecule has 0 saturated heterocycles. The van der Waals surface area contributed by atoms with E-state index < -0.39 is 9.84 Å². The number of aryl methyl sites for hydroxylation is 2. The van der Waals surface area contributed by atoms with Crippen LogP contribution in [-0.2, 0) is 16.4 Å². The van der Waals surface area contributed by atoms with Gasteiger partial charge in [0.1, 0.15) is 0 Å². The predicted molar refractivity (Wildman–Crippen MR) is 117 cm³/mol. The molecule has 0 amide bonds. The first-order valence-electron chi connectivity index (χ1n) is 9.38. The molecular formula is C24H22N2O2S. The zero-order chi connectivity index (χ0) is 20.6. The van der Waals surface area contributed by atoms with Crippen LogP contribution < -0.4 is 0 Å². The van der Waals surface area contributed by atoms with Crippen LogP contribution in [0.3, 0.4) is 0 Å². The van der Waals surface area contributed by atoms with Crippen LogP contribution in [-0.4, -0.2) is 18.0 Å². The lowest BCUT2D eigenvalue weighted by atomic mass is 10.1. The number of sulfone groups is 1. The van der Waals surface area contributed by atoms with Crippen molar-refractivity contribution in [3.05, 3.63) is 102 Å². The Morgan fingerprint density at radius 3 is 2.24 bits per heavy atom. The van der Waals surface area contributed by atoms with Gasteiger partial charge in [-0.25, -0.2) is 13.4 Å². The lowest BCUT2D eigenvalue weighted by Gasteiger charge is -2.13. The number of rotatable bonds is 5. The zero-order valence-corrected chi connectivity index (χ0v) is 17.3. The number of hydrogen-bond donors (Lipinski definition) is 0. The molecule has 1 aromatic heterocycles. The van der Waals surface area contributed by atoms with Crippen molar-refractivity contribution < 1.29 is 8.42 Å². The maximum Gasteiger partial charge on any atom is 0.240 e. The molecule has 3 aromatic carbocycles. The molecule has 0 fully saturated rings. The summed E-state index contributed by atoms with van der Waals surface area (Å²) >= 11 is 0. The highest BCUT2D eigenvalue weighted by Gasteiger charge is 2.27. The van der Waals surface area contributed by atoms with E-state index in [-0.39, 0.29) is 10.1 Å². The van der Waals surface area contributed by atoms with Gasteiger partial charge in [-0.3, -0.25) is 0 Å². The molecule has 4 nitrogen and oxygen atoms in total. The van der Waals surface area contributed by atoms with Crippen LogP contribution in [0.25, 0.3) is 15.9 Å². The fraction of sp³-hybridized carbons (Fsp3) is 0.125. The standard InChI is InChI=1S/C24H22N2O2S/c1-17-13-18(2)15-20(14-17)16-26-23-12-8-7-11-22(23)25-24(26)29(27,28)19(3)21-9-5-4-6-10-21/h4-15H,3,16H2,1-2H3. The van der Waals surface area contributed by atoms with Crippen molar-refractivity contribution in [3.63, 3.8) is 0 Å². The Morgan fingerprint density at radius 1 is 0.931 bits per heavy atom. The largest absolute Gasteiger partial charge is 0.310 e. The van der Waals surface area contributed by atoms with Gasteiger partial charge < -0.3 is 4.57 Å².